The molecule has 8 nitrogen and oxygen atoms in total. The van der Waals surface area contributed by atoms with Crippen LogP contribution >= 0.6 is 0 Å². The number of hydrogen-bond acceptors (Lipinski definition) is 6. The van der Waals surface area contributed by atoms with Gasteiger partial charge in [-0.3, -0.25) is 0 Å². The number of nitrogens with one attached hydrogen (secondary N) is 2. The fraction of sp³-hybridized carbons (Fsp3) is 0.200. The van der Waals surface area contributed by atoms with E-state index in [1.165, 1.54) is 38.5 Å². The maximum absolute atomic E-state index is 12.2. The summed E-state index contributed by atoms with van der Waals surface area (Å²) in [6.07, 6.45) is 0. The second kappa shape index (κ2) is 7.18. The van der Waals surface area contributed by atoms with E-state index >= 15 is 0 Å². The summed E-state index contributed by atoms with van der Waals surface area (Å²) in [6.45, 7) is 1.83. The summed E-state index contributed by atoms with van der Waals surface area (Å²) in [5, 5.41) is 2.38. The maximum Gasteiger partial charge on any atom is 0.333 e. The molecule has 1 aromatic carbocycles. The minimum atomic E-state index is -3.98. The van der Waals surface area contributed by atoms with Gasteiger partial charge in [0.15, 0.2) is 0 Å². The summed E-state index contributed by atoms with van der Waals surface area (Å²) < 4.78 is 36.2. The van der Waals surface area contributed by atoms with Crippen molar-refractivity contribution in [3.8, 4) is 11.8 Å². The van der Waals surface area contributed by atoms with E-state index in [9.17, 15) is 13.2 Å². The number of ether oxygens (including phenoxy) is 2. The highest BCUT2D eigenvalue weighted by atomic mass is 32.2. The van der Waals surface area contributed by atoms with Crippen LogP contribution in [0.2, 0.25) is 0 Å². The molecule has 2 aromatic rings. The molecular weight excluding hydrogens is 334 g/mol. The Balaban J connectivity index is 2.14. The number of pyridine rings is 1. The standard InChI is InChI=1S/C15H17N3O5S/c1-10-4-6-11(7-5-10)24(20,21)18-15(19)16-12-8-9-13(22-2)17-14(12)23-3/h4-9H,1-3H3,(H2,16,18,19). The van der Waals surface area contributed by atoms with Gasteiger partial charge < -0.3 is 14.8 Å². The molecule has 0 saturated carbocycles. The van der Waals surface area contributed by atoms with Crippen molar-refractivity contribution in [1.82, 2.24) is 9.71 Å². The molecule has 0 unspecified atom stereocenters. The van der Waals surface area contributed by atoms with Crippen molar-refractivity contribution in [2.75, 3.05) is 19.5 Å². The van der Waals surface area contributed by atoms with Crippen molar-refractivity contribution in [3.63, 3.8) is 0 Å². The van der Waals surface area contributed by atoms with E-state index in [0.717, 1.165) is 5.56 Å². The number of nitrogens with zero attached hydrogens (tertiary/aromatic N) is 1. The zero-order valence-electron chi connectivity index (χ0n) is 13.4. The number of aryl methyl sites for hydroxylation is 1. The van der Waals surface area contributed by atoms with Crippen molar-refractivity contribution in [1.29, 1.82) is 0 Å². The van der Waals surface area contributed by atoms with Gasteiger partial charge in [0.05, 0.1) is 19.1 Å². The fourth-order valence-corrected chi connectivity index (χ4v) is 2.74. The molecule has 0 fully saturated rings. The van der Waals surface area contributed by atoms with Crippen LogP contribution in [0.4, 0.5) is 10.5 Å². The molecule has 0 aliphatic rings. The van der Waals surface area contributed by atoms with Crippen LogP contribution in [0, 0.1) is 6.92 Å². The Kier molecular flexibility index (Phi) is 5.24. The summed E-state index contributed by atoms with van der Waals surface area (Å²) in [4.78, 5) is 16.0. The molecular formula is C15H17N3O5S. The van der Waals surface area contributed by atoms with Crippen LogP contribution in [-0.2, 0) is 10.0 Å². The predicted molar refractivity (Wildman–Crippen MR) is 87.9 cm³/mol. The Morgan fingerprint density at radius 1 is 1.04 bits per heavy atom. The average Bonchev–Trinajstić information content (AvgIpc) is 2.55. The lowest BCUT2D eigenvalue weighted by molar-refractivity contribution is 0.256. The lowest BCUT2D eigenvalue weighted by atomic mass is 10.2. The molecule has 2 rings (SSSR count). The molecule has 128 valence electrons. The third kappa shape index (κ3) is 4.13. The van der Waals surface area contributed by atoms with E-state index in [-0.39, 0.29) is 16.5 Å². The van der Waals surface area contributed by atoms with Crippen LogP contribution < -0.4 is 19.5 Å². The normalized spacial score (nSPS) is 10.8. The van der Waals surface area contributed by atoms with Crippen molar-refractivity contribution < 1.29 is 22.7 Å². The van der Waals surface area contributed by atoms with Gasteiger partial charge in [0.1, 0.15) is 5.69 Å². The monoisotopic (exact) mass is 351 g/mol. The van der Waals surface area contributed by atoms with Gasteiger partial charge in [-0.2, -0.15) is 4.98 Å². The smallest absolute Gasteiger partial charge is 0.333 e. The summed E-state index contributed by atoms with van der Waals surface area (Å²) in [6, 6.07) is 8.18. The number of carbonyl (C=O) groups excluding carboxylic acids is 1. The summed E-state index contributed by atoms with van der Waals surface area (Å²) in [5.74, 6) is 0.391. The predicted octanol–water partition coefficient (Wildman–Crippen LogP) is 1.92. The average molecular weight is 351 g/mol. The first kappa shape index (κ1) is 17.5. The van der Waals surface area contributed by atoms with Crippen molar-refractivity contribution in [2.24, 2.45) is 0 Å². The van der Waals surface area contributed by atoms with Crippen LogP contribution in [0.25, 0.3) is 0 Å². The van der Waals surface area contributed by atoms with Crippen LogP contribution in [0.15, 0.2) is 41.3 Å². The van der Waals surface area contributed by atoms with Crippen LogP contribution in [0.1, 0.15) is 5.56 Å². The van der Waals surface area contributed by atoms with E-state index in [0.29, 0.717) is 5.88 Å². The number of methoxy groups -OCH3 is 2. The number of benzene rings is 1. The number of sulfonamides is 1. The third-order valence-electron chi connectivity index (χ3n) is 3.04. The van der Waals surface area contributed by atoms with Gasteiger partial charge in [0.2, 0.25) is 11.8 Å². The second-order valence-electron chi connectivity index (χ2n) is 4.78. The van der Waals surface area contributed by atoms with Gasteiger partial charge in [-0.1, -0.05) is 17.7 Å². The maximum atomic E-state index is 12.2. The molecule has 0 aliphatic heterocycles. The zero-order valence-corrected chi connectivity index (χ0v) is 14.2. The minimum absolute atomic E-state index is 0.0110. The first-order chi connectivity index (χ1) is 11.4. The Hall–Kier alpha value is -2.81. The highest BCUT2D eigenvalue weighted by molar-refractivity contribution is 7.90. The topological polar surface area (TPSA) is 107 Å². The van der Waals surface area contributed by atoms with Gasteiger partial charge in [0.25, 0.3) is 10.0 Å². The third-order valence-corrected chi connectivity index (χ3v) is 4.39. The number of aromatic nitrogens is 1. The summed E-state index contributed by atoms with van der Waals surface area (Å²) >= 11 is 0. The lowest BCUT2D eigenvalue weighted by Gasteiger charge is -2.11. The first-order valence-corrected chi connectivity index (χ1v) is 8.33. The van der Waals surface area contributed by atoms with Crippen molar-refractivity contribution >= 4 is 21.7 Å². The number of amides is 2. The van der Waals surface area contributed by atoms with Crippen LogP contribution in [0.3, 0.4) is 0 Å². The van der Waals surface area contributed by atoms with E-state index in [2.05, 4.69) is 10.3 Å². The van der Waals surface area contributed by atoms with E-state index < -0.39 is 16.1 Å². The molecule has 24 heavy (non-hydrogen) atoms. The minimum Gasteiger partial charge on any atom is -0.481 e. The number of carbonyl (C=O) groups is 1. The molecule has 9 heteroatoms. The molecule has 0 bridgehead atoms. The van der Waals surface area contributed by atoms with Gasteiger partial charge in [-0.25, -0.2) is 17.9 Å². The van der Waals surface area contributed by atoms with Crippen LogP contribution in [0.5, 0.6) is 11.8 Å². The van der Waals surface area contributed by atoms with Crippen molar-refractivity contribution in [3.05, 3.63) is 42.0 Å². The molecule has 2 N–H and O–H groups in total. The Morgan fingerprint density at radius 2 is 1.71 bits per heavy atom. The molecule has 1 heterocycles. The SMILES string of the molecule is COc1ccc(NC(=O)NS(=O)(=O)c2ccc(C)cc2)c(OC)n1. The van der Waals surface area contributed by atoms with Gasteiger partial charge >= 0.3 is 6.03 Å². The van der Waals surface area contributed by atoms with Crippen LogP contribution in [-0.4, -0.2) is 33.7 Å². The number of anilines is 1. The van der Waals surface area contributed by atoms with Gasteiger partial charge in [-0.15, -0.1) is 0 Å². The zero-order chi connectivity index (χ0) is 17.7. The molecule has 0 saturated heterocycles. The lowest BCUT2D eigenvalue weighted by Crippen LogP contribution is -2.34. The van der Waals surface area contributed by atoms with Gasteiger partial charge in [0, 0.05) is 6.07 Å². The van der Waals surface area contributed by atoms with E-state index in [1.807, 2.05) is 11.6 Å². The first-order valence-electron chi connectivity index (χ1n) is 6.85. The molecule has 0 radical (unpaired) electrons. The van der Waals surface area contributed by atoms with Crippen molar-refractivity contribution in [2.45, 2.75) is 11.8 Å². The second-order valence-corrected chi connectivity index (χ2v) is 6.47. The molecule has 2 amide bonds. The van der Waals surface area contributed by atoms with E-state index in [1.54, 1.807) is 12.1 Å². The summed E-state index contributed by atoms with van der Waals surface area (Å²) in [7, 11) is -1.17. The quantitative estimate of drug-likeness (QED) is 0.852. The molecule has 0 spiro atoms. The summed E-state index contributed by atoms with van der Waals surface area (Å²) in [5.41, 5.74) is 1.11. The largest absolute Gasteiger partial charge is 0.481 e. The number of urea groups is 1. The Labute approximate surface area is 139 Å². The van der Waals surface area contributed by atoms with E-state index in [4.69, 9.17) is 9.47 Å². The van der Waals surface area contributed by atoms with Gasteiger partial charge in [-0.05, 0) is 25.1 Å². The molecule has 0 aliphatic carbocycles. The Morgan fingerprint density at radius 3 is 2.29 bits per heavy atom. The highest BCUT2D eigenvalue weighted by Gasteiger charge is 2.18. The fourth-order valence-electron chi connectivity index (χ4n) is 1.83. The number of rotatable bonds is 5. The molecule has 1 aromatic heterocycles. The molecule has 0 atom stereocenters. The number of hydrogen-bond donors (Lipinski definition) is 2. The highest BCUT2D eigenvalue weighted by Crippen LogP contribution is 2.24. The Bertz CT molecular complexity index is 835.